The van der Waals surface area contributed by atoms with Gasteiger partial charge in [-0.3, -0.25) is 14.8 Å². The number of rotatable bonds is 3. The standard InChI is InChI=1S/C12H11N5O3/c18-7-3-1-6(2-4-7)13-5-8-14-9-10(15-8)16-12(20)17-11(9)19/h1-4,13,18H,5H2,(H3,14,15,16,17,19,20). The summed E-state index contributed by atoms with van der Waals surface area (Å²) in [5.41, 5.74) is 0.151. The zero-order valence-electron chi connectivity index (χ0n) is 10.2. The van der Waals surface area contributed by atoms with Crippen LogP contribution in [0.2, 0.25) is 0 Å². The molecule has 0 saturated heterocycles. The van der Waals surface area contributed by atoms with E-state index in [1.165, 1.54) is 0 Å². The molecule has 0 fully saturated rings. The van der Waals surface area contributed by atoms with E-state index in [4.69, 9.17) is 0 Å². The number of nitrogens with zero attached hydrogens (tertiary/aromatic N) is 1. The van der Waals surface area contributed by atoms with Gasteiger partial charge in [0.15, 0.2) is 5.65 Å². The van der Waals surface area contributed by atoms with Crippen LogP contribution in [0.1, 0.15) is 5.82 Å². The number of phenols is 1. The Hall–Kier alpha value is -3.03. The molecule has 20 heavy (non-hydrogen) atoms. The molecule has 0 unspecified atom stereocenters. The summed E-state index contributed by atoms with van der Waals surface area (Å²) in [6, 6.07) is 6.55. The highest BCUT2D eigenvalue weighted by atomic mass is 16.3. The highest BCUT2D eigenvalue weighted by molar-refractivity contribution is 5.68. The summed E-state index contributed by atoms with van der Waals surface area (Å²) in [4.78, 5) is 34.2. The van der Waals surface area contributed by atoms with Gasteiger partial charge >= 0.3 is 5.69 Å². The van der Waals surface area contributed by atoms with E-state index in [0.29, 0.717) is 12.4 Å². The average molecular weight is 273 g/mol. The summed E-state index contributed by atoms with van der Waals surface area (Å²) >= 11 is 0. The zero-order valence-corrected chi connectivity index (χ0v) is 10.2. The molecule has 0 aliphatic rings. The van der Waals surface area contributed by atoms with E-state index in [0.717, 1.165) is 5.69 Å². The monoisotopic (exact) mass is 273 g/mol. The van der Waals surface area contributed by atoms with Gasteiger partial charge in [0.1, 0.15) is 17.1 Å². The van der Waals surface area contributed by atoms with Crippen molar-refractivity contribution in [1.29, 1.82) is 0 Å². The fraction of sp³-hybridized carbons (Fsp3) is 0.0833. The summed E-state index contributed by atoms with van der Waals surface area (Å²) in [6.07, 6.45) is 0. The molecular weight excluding hydrogens is 262 g/mol. The molecule has 3 aromatic rings. The van der Waals surface area contributed by atoms with Crippen molar-refractivity contribution in [2.45, 2.75) is 6.54 Å². The molecule has 2 heterocycles. The summed E-state index contributed by atoms with van der Waals surface area (Å²) in [5, 5.41) is 12.2. The quantitative estimate of drug-likeness (QED) is 0.437. The van der Waals surface area contributed by atoms with Gasteiger partial charge in [0.05, 0.1) is 6.54 Å². The third kappa shape index (κ3) is 2.26. The maximum atomic E-state index is 11.5. The summed E-state index contributed by atoms with van der Waals surface area (Å²) in [7, 11) is 0. The summed E-state index contributed by atoms with van der Waals surface area (Å²) < 4.78 is 0. The zero-order chi connectivity index (χ0) is 14.1. The summed E-state index contributed by atoms with van der Waals surface area (Å²) in [5.74, 6) is 0.698. The largest absolute Gasteiger partial charge is 0.508 e. The van der Waals surface area contributed by atoms with Crippen molar-refractivity contribution < 1.29 is 5.11 Å². The molecule has 102 valence electrons. The molecule has 0 spiro atoms. The van der Waals surface area contributed by atoms with Crippen LogP contribution in [-0.2, 0) is 6.54 Å². The lowest BCUT2D eigenvalue weighted by Crippen LogP contribution is -2.21. The number of aromatic hydroxyl groups is 1. The third-order valence-corrected chi connectivity index (χ3v) is 2.77. The van der Waals surface area contributed by atoms with Crippen LogP contribution >= 0.6 is 0 Å². The number of fused-ring (bicyclic) bond motifs is 1. The van der Waals surface area contributed by atoms with Crippen molar-refractivity contribution >= 4 is 16.9 Å². The first-order valence-corrected chi connectivity index (χ1v) is 5.86. The Morgan fingerprint density at radius 3 is 2.60 bits per heavy atom. The lowest BCUT2D eigenvalue weighted by atomic mass is 10.3. The third-order valence-electron chi connectivity index (χ3n) is 2.77. The second kappa shape index (κ2) is 4.57. The van der Waals surface area contributed by atoms with Crippen molar-refractivity contribution in [3.05, 3.63) is 50.9 Å². The van der Waals surface area contributed by atoms with Crippen LogP contribution in [0.3, 0.4) is 0 Å². The van der Waals surface area contributed by atoms with E-state index in [1.807, 2.05) is 0 Å². The Labute approximate surface area is 111 Å². The topological polar surface area (TPSA) is 127 Å². The smallest absolute Gasteiger partial charge is 0.327 e. The molecule has 0 radical (unpaired) electrons. The Bertz CT molecular complexity index is 859. The number of aromatic nitrogens is 4. The Kier molecular flexibility index (Phi) is 2.75. The van der Waals surface area contributed by atoms with Gasteiger partial charge in [0.25, 0.3) is 5.56 Å². The molecule has 0 atom stereocenters. The predicted octanol–water partition coefficient (Wildman–Crippen LogP) is 0.257. The lowest BCUT2D eigenvalue weighted by molar-refractivity contribution is 0.475. The van der Waals surface area contributed by atoms with E-state index >= 15 is 0 Å². The molecule has 8 nitrogen and oxygen atoms in total. The molecule has 0 bridgehead atoms. The number of anilines is 1. The Balaban J connectivity index is 1.84. The van der Waals surface area contributed by atoms with Crippen molar-refractivity contribution in [1.82, 2.24) is 19.9 Å². The van der Waals surface area contributed by atoms with Crippen LogP contribution in [0.4, 0.5) is 5.69 Å². The second-order valence-electron chi connectivity index (χ2n) is 4.22. The number of benzene rings is 1. The van der Waals surface area contributed by atoms with Crippen molar-refractivity contribution in [2.24, 2.45) is 0 Å². The first-order chi connectivity index (χ1) is 9.61. The number of hydrogen-bond donors (Lipinski definition) is 5. The molecule has 0 saturated carbocycles. The molecule has 8 heteroatoms. The summed E-state index contributed by atoms with van der Waals surface area (Å²) in [6.45, 7) is 0.348. The normalized spacial score (nSPS) is 10.8. The van der Waals surface area contributed by atoms with Gasteiger partial charge in [-0.1, -0.05) is 0 Å². The molecule has 5 N–H and O–H groups in total. The fourth-order valence-electron chi connectivity index (χ4n) is 1.83. The lowest BCUT2D eigenvalue weighted by Gasteiger charge is -2.03. The van der Waals surface area contributed by atoms with Crippen LogP contribution in [-0.4, -0.2) is 25.0 Å². The Morgan fingerprint density at radius 1 is 1.10 bits per heavy atom. The minimum atomic E-state index is -0.591. The minimum Gasteiger partial charge on any atom is -0.508 e. The van der Waals surface area contributed by atoms with Crippen LogP contribution in [0.15, 0.2) is 33.9 Å². The first-order valence-electron chi connectivity index (χ1n) is 5.86. The number of aromatic amines is 3. The van der Waals surface area contributed by atoms with Gasteiger partial charge in [0.2, 0.25) is 0 Å². The SMILES string of the molecule is O=c1[nH]c(=O)c2[nH]c(CNc3ccc(O)cc3)nc2[nH]1. The van der Waals surface area contributed by atoms with Gasteiger partial charge < -0.3 is 15.4 Å². The number of phenolic OH excluding ortho intramolecular Hbond substituents is 1. The van der Waals surface area contributed by atoms with E-state index < -0.39 is 11.2 Å². The van der Waals surface area contributed by atoms with Gasteiger partial charge in [-0.05, 0) is 24.3 Å². The highest BCUT2D eigenvalue weighted by Crippen LogP contribution is 2.14. The van der Waals surface area contributed by atoms with Crippen LogP contribution < -0.4 is 16.6 Å². The second-order valence-corrected chi connectivity index (χ2v) is 4.22. The molecule has 0 amide bonds. The molecule has 1 aromatic carbocycles. The van der Waals surface area contributed by atoms with Gasteiger partial charge in [-0.2, -0.15) is 0 Å². The minimum absolute atomic E-state index is 0.184. The van der Waals surface area contributed by atoms with Gasteiger partial charge in [-0.15, -0.1) is 0 Å². The number of hydrogen-bond acceptors (Lipinski definition) is 5. The van der Waals surface area contributed by atoms with Crippen LogP contribution in [0.25, 0.3) is 11.2 Å². The molecule has 0 aliphatic heterocycles. The first kappa shape index (κ1) is 12.0. The van der Waals surface area contributed by atoms with E-state index in [-0.39, 0.29) is 16.9 Å². The van der Waals surface area contributed by atoms with E-state index in [2.05, 4.69) is 25.3 Å². The maximum absolute atomic E-state index is 11.5. The molecule has 2 aromatic heterocycles. The molecule has 3 rings (SSSR count). The molecule has 0 aliphatic carbocycles. The van der Waals surface area contributed by atoms with Gasteiger partial charge in [0, 0.05) is 5.69 Å². The van der Waals surface area contributed by atoms with Crippen LogP contribution in [0.5, 0.6) is 5.75 Å². The van der Waals surface area contributed by atoms with Crippen LogP contribution in [0, 0.1) is 0 Å². The van der Waals surface area contributed by atoms with Crippen molar-refractivity contribution in [3.63, 3.8) is 0 Å². The number of imidazole rings is 1. The number of nitrogens with one attached hydrogen (secondary N) is 4. The van der Waals surface area contributed by atoms with Crippen molar-refractivity contribution in [3.8, 4) is 5.75 Å². The Morgan fingerprint density at radius 2 is 1.85 bits per heavy atom. The fourth-order valence-corrected chi connectivity index (χ4v) is 1.83. The van der Waals surface area contributed by atoms with E-state index in [1.54, 1.807) is 24.3 Å². The average Bonchev–Trinajstić information content (AvgIpc) is 2.81. The molecular formula is C12H11N5O3. The highest BCUT2D eigenvalue weighted by Gasteiger charge is 2.07. The van der Waals surface area contributed by atoms with E-state index in [9.17, 15) is 14.7 Å². The maximum Gasteiger partial charge on any atom is 0.327 e. The van der Waals surface area contributed by atoms with Crippen molar-refractivity contribution in [2.75, 3.05) is 5.32 Å². The number of H-pyrrole nitrogens is 3. The predicted molar refractivity (Wildman–Crippen MR) is 72.8 cm³/mol. The van der Waals surface area contributed by atoms with Gasteiger partial charge in [-0.25, -0.2) is 9.78 Å².